The minimum Gasteiger partial charge on any atom is -0.409 e. The van der Waals surface area contributed by atoms with E-state index in [9.17, 15) is 0 Å². The van der Waals surface area contributed by atoms with E-state index in [0.29, 0.717) is 13.2 Å². The molecular weight excluding hydrogens is 551 g/mol. The van der Waals surface area contributed by atoms with Gasteiger partial charge in [-0.15, -0.1) is 0 Å². The van der Waals surface area contributed by atoms with Crippen LogP contribution >= 0.6 is 0 Å². The standard InChI is InChI=1S/C40H41BN2O2/c1-38(2)27-36(41-44-24-25-45-41)40(28-39(38,3)4,32-18-12-7-13-19-32)33-22-20-30(21-23-33)35-26-34(29-14-8-5-9-15-29)42-37(43-35)31-16-10-6-11-17-31/h5-23,26,36H,24-25,27-28H2,1-4H3. The molecule has 5 aromatic rings. The normalized spacial score (nSPS) is 22.3. The zero-order valence-electron chi connectivity index (χ0n) is 26.7. The number of rotatable bonds is 6. The van der Waals surface area contributed by atoms with E-state index in [4.69, 9.17) is 19.3 Å². The molecule has 2 unspecified atom stereocenters. The first-order valence-electron chi connectivity index (χ1n) is 16.2. The summed E-state index contributed by atoms with van der Waals surface area (Å²) >= 11 is 0. The summed E-state index contributed by atoms with van der Waals surface area (Å²) in [5.74, 6) is 0.897. The third-order valence-corrected chi connectivity index (χ3v) is 10.7. The lowest BCUT2D eigenvalue weighted by Crippen LogP contribution is -2.54. The fourth-order valence-corrected chi connectivity index (χ4v) is 7.55. The van der Waals surface area contributed by atoms with Crippen molar-refractivity contribution >= 4 is 7.12 Å². The quantitative estimate of drug-likeness (QED) is 0.184. The smallest absolute Gasteiger partial charge is 0.409 e. The zero-order chi connectivity index (χ0) is 31.1. The molecule has 0 radical (unpaired) electrons. The van der Waals surface area contributed by atoms with Gasteiger partial charge in [-0.05, 0) is 40.9 Å². The Morgan fingerprint density at radius 3 is 1.64 bits per heavy atom. The first kappa shape index (κ1) is 29.6. The van der Waals surface area contributed by atoms with Crippen molar-refractivity contribution in [3.8, 4) is 33.9 Å². The van der Waals surface area contributed by atoms with Gasteiger partial charge in [0.1, 0.15) is 0 Å². The maximum atomic E-state index is 6.32. The van der Waals surface area contributed by atoms with E-state index in [1.807, 2.05) is 24.3 Å². The Bertz CT molecular complexity index is 1690. The van der Waals surface area contributed by atoms with Crippen LogP contribution in [0.5, 0.6) is 0 Å². The summed E-state index contributed by atoms with van der Waals surface area (Å²) in [5, 5.41) is 0. The van der Waals surface area contributed by atoms with Gasteiger partial charge in [0.05, 0.1) is 24.6 Å². The van der Waals surface area contributed by atoms with E-state index in [2.05, 4.69) is 125 Å². The average Bonchev–Trinajstić information content (AvgIpc) is 3.62. The van der Waals surface area contributed by atoms with E-state index in [-0.39, 0.29) is 29.2 Å². The highest BCUT2D eigenvalue weighted by molar-refractivity contribution is 6.47. The Morgan fingerprint density at radius 1 is 0.578 bits per heavy atom. The summed E-state index contributed by atoms with van der Waals surface area (Å²) in [5.41, 5.74) is 7.52. The minimum absolute atomic E-state index is 0.0818. The molecule has 1 aromatic heterocycles. The Morgan fingerprint density at radius 2 is 1.07 bits per heavy atom. The van der Waals surface area contributed by atoms with Gasteiger partial charge in [-0.2, -0.15) is 0 Å². The molecule has 0 spiro atoms. The summed E-state index contributed by atoms with van der Waals surface area (Å²) in [4.78, 5) is 10.1. The van der Waals surface area contributed by atoms with Crippen LogP contribution in [0.1, 0.15) is 51.7 Å². The van der Waals surface area contributed by atoms with E-state index in [1.54, 1.807) is 0 Å². The first-order chi connectivity index (χ1) is 21.8. The fraction of sp³-hybridized carbons (Fsp3) is 0.300. The fourth-order valence-electron chi connectivity index (χ4n) is 7.55. The van der Waals surface area contributed by atoms with Crippen molar-refractivity contribution in [3.05, 3.63) is 132 Å². The van der Waals surface area contributed by atoms with Crippen LogP contribution in [0.2, 0.25) is 5.82 Å². The van der Waals surface area contributed by atoms with Crippen LogP contribution in [0.25, 0.3) is 33.9 Å². The van der Waals surface area contributed by atoms with E-state index < -0.39 is 0 Å². The summed E-state index contributed by atoms with van der Waals surface area (Å²) in [6, 6.07) is 42.9. The maximum absolute atomic E-state index is 6.32. The number of hydrogen-bond acceptors (Lipinski definition) is 4. The Labute approximate surface area is 268 Å². The molecule has 1 aliphatic carbocycles. The van der Waals surface area contributed by atoms with Crippen molar-refractivity contribution in [3.63, 3.8) is 0 Å². The van der Waals surface area contributed by atoms with Gasteiger partial charge in [-0.3, -0.25) is 0 Å². The monoisotopic (exact) mass is 592 g/mol. The van der Waals surface area contributed by atoms with Crippen LogP contribution in [0.15, 0.2) is 121 Å². The first-order valence-corrected chi connectivity index (χ1v) is 16.2. The lowest BCUT2D eigenvalue weighted by molar-refractivity contribution is 0.0104. The molecule has 45 heavy (non-hydrogen) atoms. The van der Waals surface area contributed by atoms with Crippen LogP contribution < -0.4 is 0 Å². The molecular formula is C40H41BN2O2. The molecule has 2 aliphatic rings. The van der Waals surface area contributed by atoms with Crippen LogP contribution in [-0.2, 0) is 14.7 Å². The van der Waals surface area contributed by atoms with Gasteiger partial charge < -0.3 is 9.31 Å². The number of hydrogen-bond donors (Lipinski definition) is 0. The highest BCUT2D eigenvalue weighted by Crippen LogP contribution is 2.64. The number of benzene rings is 4. The van der Waals surface area contributed by atoms with Gasteiger partial charge in [0.25, 0.3) is 0 Å². The molecule has 1 aliphatic heterocycles. The van der Waals surface area contributed by atoms with Crippen molar-refractivity contribution in [2.24, 2.45) is 10.8 Å². The van der Waals surface area contributed by atoms with Crippen molar-refractivity contribution < 1.29 is 9.31 Å². The third-order valence-electron chi connectivity index (χ3n) is 10.7. The highest BCUT2D eigenvalue weighted by Gasteiger charge is 2.60. The summed E-state index contributed by atoms with van der Waals surface area (Å²) in [7, 11) is -0.232. The third kappa shape index (κ3) is 5.43. The molecule has 1 saturated carbocycles. The van der Waals surface area contributed by atoms with Crippen LogP contribution in [0.4, 0.5) is 0 Å². The van der Waals surface area contributed by atoms with E-state index in [0.717, 1.165) is 46.7 Å². The largest absolute Gasteiger partial charge is 0.461 e. The molecule has 4 aromatic carbocycles. The predicted octanol–water partition coefficient (Wildman–Crippen LogP) is 9.52. The topological polar surface area (TPSA) is 44.2 Å². The van der Waals surface area contributed by atoms with E-state index in [1.165, 1.54) is 11.1 Å². The molecule has 4 nitrogen and oxygen atoms in total. The number of nitrogens with zero attached hydrogens (tertiary/aromatic N) is 2. The summed E-state index contributed by atoms with van der Waals surface area (Å²) < 4.78 is 12.6. The second kappa shape index (κ2) is 11.7. The predicted molar refractivity (Wildman–Crippen MR) is 184 cm³/mol. The molecule has 2 fully saturated rings. The number of aromatic nitrogens is 2. The SMILES string of the molecule is CC1(C)CC(B2OCCO2)C(c2ccccc2)(c2ccc(-c3cc(-c4ccccc4)nc(-c4ccccc4)n3)cc2)CC1(C)C. The van der Waals surface area contributed by atoms with Crippen LogP contribution in [0.3, 0.4) is 0 Å². The molecule has 1 saturated heterocycles. The Hall–Kier alpha value is -4.06. The molecule has 2 heterocycles. The van der Waals surface area contributed by atoms with Crippen molar-refractivity contribution in [1.82, 2.24) is 9.97 Å². The summed E-state index contributed by atoms with van der Waals surface area (Å²) in [6.45, 7) is 11.0. The Kier molecular flexibility index (Phi) is 7.71. The van der Waals surface area contributed by atoms with Crippen LogP contribution in [-0.4, -0.2) is 30.3 Å². The van der Waals surface area contributed by atoms with E-state index >= 15 is 0 Å². The van der Waals surface area contributed by atoms with Gasteiger partial charge in [-0.25, -0.2) is 9.97 Å². The zero-order valence-corrected chi connectivity index (χ0v) is 26.7. The molecule has 0 bridgehead atoms. The molecule has 0 N–H and O–H groups in total. The molecule has 5 heteroatoms. The van der Waals surface area contributed by atoms with Crippen molar-refractivity contribution in [2.75, 3.05) is 13.2 Å². The highest BCUT2D eigenvalue weighted by atomic mass is 16.6. The summed E-state index contributed by atoms with van der Waals surface area (Å²) in [6.07, 6.45) is 2.00. The van der Waals surface area contributed by atoms with Gasteiger partial charge in [0, 0.05) is 27.9 Å². The molecule has 2 atom stereocenters. The Balaban J connectivity index is 1.37. The minimum atomic E-state index is -0.274. The van der Waals surface area contributed by atoms with Gasteiger partial charge in [-0.1, -0.05) is 143 Å². The lowest BCUT2D eigenvalue weighted by Gasteiger charge is -2.58. The molecule has 226 valence electrons. The second-order valence-corrected chi connectivity index (χ2v) is 14.0. The molecule has 7 rings (SSSR count). The molecule has 0 amide bonds. The van der Waals surface area contributed by atoms with Gasteiger partial charge >= 0.3 is 7.12 Å². The van der Waals surface area contributed by atoms with Crippen molar-refractivity contribution in [1.29, 1.82) is 0 Å². The lowest BCUT2D eigenvalue weighted by atomic mass is 9.39. The van der Waals surface area contributed by atoms with Crippen molar-refractivity contribution in [2.45, 2.75) is 51.8 Å². The average molecular weight is 593 g/mol. The van der Waals surface area contributed by atoms with Crippen LogP contribution in [0, 0.1) is 10.8 Å². The maximum Gasteiger partial charge on any atom is 0.461 e. The van der Waals surface area contributed by atoms with Gasteiger partial charge in [0.15, 0.2) is 5.82 Å². The second-order valence-electron chi connectivity index (χ2n) is 14.0. The van der Waals surface area contributed by atoms with Gasteiger partial charge in [0.2, 0.25) is 0 Å².